The van der Waals surface area contributed by atoms with Gasteiger partial charge < -0.3 is 4.74 Å². The Hall–Kier alpha value is -3.13. The molecule has 0 bridgehead atoms. The number of rotatable bonds is 5. The quantitative estimate of drug-likeness (QED) is 0.513. The molecule has 0 saturated carbocycles. The SMILES string of the molecule is FC(F)Oc1cc(-c2cnc3cnn(Cc4cncnc4)c3c2)ccc1Cl. The number of benzene rings is 1. The molecule has 1 aromatic carbocycles. The molecular formula is C18H12ClF2N5O. The third kappa shape index (κ3) is 3.70. The minimum atomic E-state index is -2.95. The van der Waals surface area contributed by atoms with E-state index in [0.717, 1.165) is 16.6 Å². The lowest BCUT2D eigenvalue weighted by molar-refractivity contribution is -0.0497. The molecule has 0 aliphatic rings. The third-order valence-corrected chi connectivity index (χ3v) is 4.23. The Morgan fingerprint density at radius 2 is 1.85 bits per heavy atom. The van der Waals surface area contributed by atoms with Gasteiger partial charge in [-0.2, -0.15) is 13.9 Å². The zero-order valence-corrected chi connectivity index (χ0v) is 14.5. The van der Waals surface area contributed by atoms with E-state index in [1.54, 1.807) is 35.5 Å². The molecule has 0 N–H and O–H groups in total. The molecular weight excluding hydrogens is 376 g/mol. The average Bonchev–Trinajstić information content (AvgIpc) is 3.06. The van der Waals surface area contributed by atoms with Crippen molar-refractivity contribution in [1.29, 1.82) is 0 Å². The predicted octanol–water partition coefficient (Wildman–Crippen LogP) is 4.19. The van der Waals surface area contributed by atoms with E-state index in [2.05, 4.69) is 24.8 Å². The van der Waals surface area contributed by atoms with Crippen LogP contribution in [0.15, 0.2) is 55.4 Å². The molecule has 4 aromatic rings. The zero-order chi connectivity index (χ0) is 18.8. The normalized spacial score (nSPS) is 11.3. The highest BCUT2D eigenvalue weighted by Gasteiger charge is 2.12. The van der Waals surface area contributed by atoms with Crippen molar-refractivity contribution < 1.29 is 13.5 Å². The molecule has 6 nitrogen and oxygen atoms in total. The Balaban J connectivity index is 1.72. The monoisotopic (exact) mass is 387 g/mol. The van der Waals surface area contributed by atoms with Crippen LogP contribution in [0.4, 0.5) is 8.78 Å². The van der Waals surface area contributed by atoms with Crippen LogP contribution in [-0.2, 0) is 6.54 Å². The van der Waals surface area contributed by atoms with Crippen LogP contribution in [0.1, 0.15) is 5.56 Å². The summed E-state index contributed by atoms with van der Waals surface area (Å²) >= 11 is 5.92. The molecule has 27 heavy (non-hydrogen) atoms. The first-order valence-electron chi connectivity index (χ1n) is 7.90. The lowest BCUT2D eigenvalue weighted by Crippen LogP contribution is -2.03. The van der Waals surface area contributed by atoms with Crippen LogP contribution in [0.25, 0.3) is 22.2 Å². The Labute approximate surface area is 157 Å². The van der Waals surface area contributed by atoms with Crippen LogP contribution < -0.4 is 4.74 Å². The standard InChI is InChI=1S/C18H12ClF2N5O/c19-14-2-1-12(4-17(14)27-18(20)21)13-3-16-15(24-7-13)8-25-26(16)9-11-5-22-10-23-6-11/h1-8,10,18H,9H2. The highest BCUT2D eigenvalue weighted by molar-refractivity contribution is 6.32. The number of nitrogens with zero attached hydrogens (tertiary/aromatic N) is 5. The summed E-state index contributed by atoms with van der Waals surface area (Å²) in [7, 11) is 0. The molecule has 9 heteroatoms. The van der Waals surface area contributed by atoms with Crippen LogP contribution in [0, 0.1) is 0 Å². The van der Waals surface area contributed by atoms with E-state index in [0.29, 0.717) is 17.6 Å². The molecule has 3 aromatic heterocycles. The number of pyridine rings is 1. The molecule has 0 amide bonds. The van der Waals surface area contributed by atoms with E-state index >= 15 is 0 Å². The summed E-state index contributed by atoms with van der Waals surface area (Å²) in [6, 6.07) is 6.57. The Morgan fingerprint density at radius 1 is 1.04 bits per heavy atom. The molecule has 0 spiro atoms. The molecule has 136 valence electrons. The van der Waals surface area contributed by atoms with Crippen LogP contribution in [-0.4, -0.2) is 31.3 Å². The molecule has 3 heterocycles. The summed E-state index contributed by atoms with van der Waals surface area (Å²) in [5.74, 6) is -0.0841. The average molecular weight is 388 g/mol. The second kappa shape index (κ2) is 7.24. The topological polar surface area (TPSA) is 65.7 Å². The number of aromatic nitrogens is 5. The Kier molecular flexibility index (Phi) is 4.64. The van der Waals surface area contributed by atoms with E-state index in [1.165, 1.54) is 18.5 Å². The third-order valence-electron chi connectivity index (χ3n) is 3.92. The summed E-state index contributed by atoms with van der Waals surface area (Å²) in [6.07, 6.45) is 8.20. The van der Waals surface area contributed by atoms with Crippen LogP contribution in [0.2, 0.25) is 5.02 Å². The first kappa shape index (κ1) is 17.3. The molecule has 0 radical (unpaired) electrons. The first-order chi connectivity index (χ1) is 13.1. The van der Waals surface area contributed by atoms with Crippen molar-refractivity contribution in [3.63, 3.8) is 0 Å². The van der Waals surface area contributed by atoms with Crippen molar-refractivity contribution in [2.75, 3.05) is 0 Å². The van der Waals surface area contributed by atoms with Crippen LogP contribution >= 0.6 is 11.6 Å². The number of hydrogen-bond acceptors (Lipinski definition) is 5. The highest BCUT2D eigenvalue weighted by Crippen LogP contribution is 2.32. The van der Waals surface area contributed by atoms with Gasteiger partial charge in [0.05, 0.1) is 23.3 Å². The van der Waals surface area contributed by atoms with Gasteiger partial charge in [0, 0.05) is 29.7 Å². The smallest absolute Gasteiger partial charge is 0.387 e. The second-order valence-electron chi connectivity index (χ2n) is 5.70. The van der Waals surface area contributed by atoms with Gasteiger partial charge in [0.1, 0.15) is 17.6 Å². The van der Waals surface area contributed by atoms with Crippen molar-refractivity contribution in [3.05, 3.63) is 66.0 Å². The fourth-order valence-electron chi connectivity index (χ4n) is 2.69. The van der Waals surface area contributed by atoms with Gasteiger partial charge in [0.2, 0.25) is 0 Å². The number of alkyl halides is 2. The van der Waals surface area contributed by atoms with Gasteiger partial charge >= 0.3 is 6.61 Å². The maximum Gasteiger partial charge on any atom is 0.387 e. The van der Waals surface area contributed by atoms with Crippen LogP contribution in [0.5, 0.6) is 5.75 Å². The summed E-state index contributed by atoms with van der Waals surface area (Å²) in [5, 5.41) is 4.46. The maximum atomic E-state index is 12.5. The summed E-state index contributed by atoms with van der Waals surface area (Å²) in [6.45, 7) is -2.47. The number of ether oxygens (including phenoxy) is 1. The van der Waals surface area contributed by atoms with Gasteiger partial charge in [-0.15, -0.1) is 0 Å². The fourth-order valence-corrected chi connectivity index (χ4v) is 2.86. The van der Waals surface area contributed by atoms with E-state index in [9.17, 15) is 8.78 Å². The highest BCUT2D eigenvalue weighted by atomic mass is 35.5. The van der Waals surface area contributed by atoms with E-state index in [-0.39, 0.29) is 10.8 Å². The maximum absolute atomic E-state index is 12.5. The lowest BCUT2D eigenvalue weighted by Gasteiger charge is -2.09. The molecule has 0 fully saturated rings. The van der Waals surface area contributed by atoms with Crippen molar-refractivity contribution in [3.8, 4) is 16.9 Å². The minimum absolute atomic E-state index is 0.0841. The van der Waals surface area contributed by atoms with Crippen molar-refractivity contribution in [2.24, 2.45) is 0 Å². The molecule has 4 rings (SSSR count). The van der Waals surface area contributed by atoms with Crippen LogP contribution in [0.3, 0.4) is 0 Å². The molecule has 0 aliphatic heterocycles. The first-order valence-corrected chi connectivity index (χ1v) is 8.28. The van der Waals surface area contributed by atoms with Gasteiger partial charge in [-0.3, -0.25) is 9.67 Å². The van der Waals surface area contributed by atoms with Gasteiger partial charge in [0.15, 0.2) is 0 Å². The number of fused-ring (bicyclic) bond motifs is 1. The molecule has 0 saturated heterocycles. The second-order valence-corrected chi connectivity index (χ2v) is 6.11. The van der Waals surface area contributed by atoms with Gasteiger partial charge in [0.25, 0.3) is 0 Å². The van der Waals surface area contributed by atoms with E-state index in [4.69, 9.17) is 11.6 Å². The van der Waals surface area contributed by atoms with Crippen molar-refractivity contribution in [2.45, 2.75) is 13.2 Å². The van der Waals surface area contributed by atoms with Crippen molar-refractivity contribution in [1.82, 2.24) is 24.7 Å². The van der Waals surface area contributed by atoms with Crippen molar-refractivity contribution >= 4 is 22.6 Å². The summed E-state index contributed by atoms with van der Waals surface area (Å²) in [4.78, 5) is 12.4. The zero-order valence-electron chi connectivity index (χ0n) is 13.8. The van der Waals surface area contributed by atoms with Gasteiger partial charge in [-0.05, 0) is 23.8 Å². The summed E-state index contributed by atoms with van der Waals surface area (Å²) < 4.78 is 31.3. The number of halogens is 3. The minimum Gasteiger partial charge on any atom is -0.433 e. The number of hydrogen-bond donors (Lipinski definition) is 0. The predicted molar refractivity (Wildman–Crippen MR) is 95.7 cm³/mol. The Bertz CT molecular complexity index is 1090. The molecule has 0 aliphatic carbocycles. The largest absolute Gasteiger partial charge is 0.433 e. The van der Waals surface area contributed by atoms with Gasteiger partial charge in [-0.1, -0.05) is 17.7 Å². The Morgan fingerprint density at radius 3 is 2.63 bits per heavy atom. The fraction of sp³-hybridized carbons (Fsp3) is 0.111. The van der Waals surface area contributed by atoms with Gasteiger partial charge in [-0.25, -0.2) is 9.97 Å². The molecule has 0 atom stereocenters. The van der Waals surface area contributed by atoms with E-state index in [1.807, 2.05) is 6.07 Å². The lowest BCUT2D eigenvalue weighted by atomic mass is 10.1. The van der Waals surface area contributed by atoms with E-state index < -0.39 is 6.61 Å². The summed E-state index contributed by atoms with van der Waals surface area (Å²) in [5.41, 5.74) is 3.79. The molecule has 0 unspecified atom stereocenters.